The predicted molar refractivity (Wildman–Crippen MR) is 179 cm³/mol. The highest BCUT2D eigenvalue weighted by Crippen LogP contribution is 2.62. The third-order valence-electron chi connectivity index (χ3n) is 14.7. The van der Waals surface area contributed by atoms with E-state index in [9.17, 15) is 9.59 Å². The average molecular weight is 721 g/mol. The first-order valence-electron chi connectivity index (χ1n) is 20.1. The van der Waals surface area contributed by atoms with Crippen molar-refractivity contribution in [3.63, 3.8) is 0 Å². The van der Waals surface area contributed by atoms with Crippen LogP contribution in [0, 0.1) is 47.3 Å². The van der Waals surface area contributed by atoms with Crippen LogP contribution in [0.1, 0.15) is 125 Å². The lowest BCUT2D eigenvalue weighted by molar-refractivity contribution is -0.571. The molecular weight excluding hydrogens is 660 g/mol. The van der Waals surface area contributed by atoms with E-state index in [1.807, 2.05) is 13.8 Å². The van der Waals surface area contributed by atoms with Gasteiger partial charge in [-0.15, -0.1) is 0 Å². The first-order chi connectivity index (χ1) is 24.4. The fourth-order valence-electron chi connectivity index (χ4n) is 11.7. The molecule has 4 bridgehead atoms. The minimum atomic E-state index is -0.813. The summed E-state index contributed by atoms with van der Waals surface area (Å²) in [6, 6.07) is 0. The van der Waals surface area contributed by atoms with Gasteiger partial charge in [-0.1, -0.05) is 27.7 Å². The molecule has 0 aromatic rings. The Morgan fingerprint density at radius 3 is 1.45 bits per heavy atom. The molecule has 0 N–H and O–H groups in total. The van der Waals surface area contributed by atoms with Crippen molar-refractivity contribution in [2.24, 2.45) is 47.3 Å². The number of carbonyl (C=O) groups is 2. The maximum absolute atomic E-state index is 12.6. The molecule has 0 aromatic carbocycles. The normalized spacial score (nSPS) is 51.1. The van der Waals surface area contributed by atoms with Crippen molar-refractivity contribution in [1.29, 1.82) is 0 Å². The molecule has 2 aliphatic carbocycles. The number of hydrogen-bond acceptors (Lipinski definition) is 12. The van der Waals surface area contributed by atoms with E-state index in [1.54, 1.807) is 0 Å². The molecule has 0 unspecified atom stereocenters. The average Bonchev–Trinajstić information content (AvgIpc) is 3.47. The quantitative estimate of drug-likeness (QED) is 0.180. The second kappa shape index (κ2) is 13.7. The standard InChI is InChI=1S/C39H60O12/c1-22-10-12-28-24(3)30(44-34-38(28)26(22)14-18-36(5,46-34)48-50-38)16-20-42-32(40)8-7-9-33(41)43-21-17-31-25(4)29-13-11-23(2)27-15-19-37(6)47-35(45-31)39(27,29)51-49-37/h22-31,34-35H,7-21H2,1-6H3/t22-,23-,24-,25-,26+,27+,28+,29+,30-,31-,34-,35-,36+,37+,38-,39-/m1/s1. The molecule has 16 atom stereocenters. The molecule has 8 aliphatic heterocycles. The lowest BCUT2D eigenvalue weighted by Crippen LogP contribution is -2.70. The monoisotopic (exact) mass is 720 g/mol. The molecule has 10 aliphatic rings. The van der Waals surface area contributed by atoms with E-state index < -0.39 is 35.4 Å². The lowest BCUT2D eigenvalue weighted by atomic mass is 9.57. The van der Waals surface area contributed by atoms with Gasteiger partial charge >= 0.3 is 11.9 Å². The molecule has 2 spiro atoms. The van der Waals surface area contributed by atoms with E-state index >= 15 is 0 Å². The van der Waals surface area contributed by atoms with Crippen molar-refractivity contribution in [3.8, 4) is 0 Å². The smallest absolute Gasteiger partial charge is 0.305 e. The summed E-state index contributed by atoms with van der Waals surface area (Å²) >= 11 is 0. The summed E-state index contributed by atoms with van der Waals surface area (Å²) in [5.41, 5.74) is -1.19. The molecule has 8 heterocycles. The number of rotatable bonds is 10. The van der Waals surface area contributed by atoms with Gasteiger partial charge in [0.25, 0.3) is 0 Å². The minimum absolute atomic E-state index is 0.119. The molecule has 0 amide bonds. The summed E-state index contributed by atoms with van der Waals surface area (Å²) in [5.74, 6) is 0.275. The molecule has 288 valence electrons. The number of carbonyl (C=O) groups excluding carboxylic acids is 2. The molecule has 10 fully saturated rings. The van der Waals surface area contributed by atoms with Gasteiger partial charge in [-0.3, -0.25) is 9.59 Å². The van der Waals surface area contributed by atoms with Gasteiger partial charge in [0.15, 0.2) is 23.8 Å². The summed E-state index contributed by atoms with van der Waals surface area (Å²) in [6.45, 7) is 13.4. The zero-order valence-corrected chi connectivity index (χ0v) is 31.4. The number of fused-ring (bicyclic) bond motifs is 4. The Morgan fingerprint density at radius 1 is 0.588 bits per heavy atom. The van der Waals surface area contributed by atoms with E-state index in [-0.39, 0.29) is 73.9 Å². The van der Waals surface area contributed by atoms with Crippen LogP contribution in [0.5, 0.6) is 0 Å². The first-order valence-corrected chi connectivity index (χ1v) is 20.1. The molecule has 12 nitrogen and oxygen atoms in total. The number of ether oxygens (including phenoxy) is 6. The molecule has 0 aromatic heterocycles. The van der Waals surface area contributed by atoms with Crippen molar-refractivity contribution >= 4 is 11.9 Å². The molecule has 8 saturated heterocycles. The Bertz CT molecular complexity index is 1220. The number of hydrogen-bond donors (Lipinski definition) is 0. The second-order valence-corrected chi connectivity index (χ2v) is 17.8. The van der Waals surface area contributed by atoms with Crippen molar-refractivity contribution in [3.05, 3.63) is 0 Å². The highest BCUT2D eigenvalue weighted by Gasteiger charge is 2.70. The van der Waals surface area contributed by atoms with Crippen molar-refractivity contribution in [1.82, 2.24) is 0 Å². The van der Waals surface area contributed by atoms with Crippen LogP contribution in [0.3, 0.4) is 0 Å². The van der Waals surface area contributed by atoms with Gasteiger partial charge in [-0.2, -0.15) is 0 Å². The van der Waals surface area contributed by atoms with Crippen molar-refractivity contribution < 1.29 is 57.6 Å². The van der Waals surface area contributed by atoms with Gasteiger partial charge in [0, 0.05) is 50.4 Å². The Kier molecular flexibility index (Phi) is 9.85. The summed E-state index contributed by atoms with van der Waals surface area (Å²) in [4.78, 5) is 49.6. The van der Waals surface area contributed by atoms with Gasteiger partial charge in [-0.05, 0) is 94.3 Å². The fourth-order valence-corrected chi connectivity index (χ4v) is 11.7. The van der Waals surface area contributed by atoms with Crippen molar-refractivity contribution in [2.75, 3.05) is 13.2 Å². The lowest BCUT2D eigenvalue weighted by Gasteiger charge is -2.60. The van der Waals surface area contributed by atoms with E-state index in [1.165, 1.54) is 0 Å². The van der Waals surface area contributed by atoms with E-state index in [0.717, 1.165) is 51.4 Å². The zero-order valence-electron chi connectivity index (χ0n) is 31.4. The molecule has 51 heavy (non-hydrogen) atoms. The maximum Gasteiger partial charge on any atom is 0.305 e. The van der Waals surface area contributed by atoms with Gasteiger partial charge in [0.1, 0.15) is 0 Å². The van der Waals surface area contributed by atoms with Crippen LogP contribution in [0.25, 0.3) is 0 Å². The Balaban J connectivity index is 0.763. The maximum atomic E-state index is 12.6. The second-order valence-electron chi connectivity index (χ2n) is 17.8. The molecule has 2 saturated carbocycles. The van der Waals surface area contributed by atoms with Gasteiger partial charge in [0.2, 0.25) is 11.6 Å². The summed E-state index contributed by atoms with van der Waals surface area (Å²) in [7, 11) is 0. The Hall–Kier alpha value is -1.38. The summed E-state index contributed by atoms with van der Waals surface area (Å²) < 4.78 is 37.3. The van der Waals surface area contributed by atoms with E-state index in [0.29, 0.717) is 42.9 Å². The van der Waals surface area contributed by atoms with Crippen LogP contribution in [-0.2, 0) is 57.6 Å². The van der Waals surface area contributed by atoms with Gasteiger partial charge < -0.3 is 28.4 Å². The third-order valence-corrected chi connectivity index (χ3v) is 14.7. The van der Waals surface area contributed by atoms with E-state index in [4.69, 9.17) is 48.0 Å². The van der Waals surface area contributed by atoms with Crippen LogP contribution in [0.4, 0.5) is 0 Å². The molecule has 12 heteroatoms. The Morgan fingerprint density at radius 2 is 1.02 bits per heavy atom. The van der Waals surface area contributed by atoms with Gasteiger partial charge in [-0.25, -0.2) is 19.6 Å². The van der Waals surface area contributed by atoms with Gasteiger partial charge in [0.05, 0.1) is 25.4 Å². The molecular formula is C39H60O12. The highest BCUT2D eigenvalue weighted by atomic mass is 17.3. The zero-order chi connectivity index (χ0) is 35.8. The van der Waals surface area contributed by atoms with Crippen molar-refractivity contribution in [2.45, 2.75) is 173 Å². The predicted octanol–water partition coefficient (Wildman–Crippen LogP) is 6.52. The molecule has 0 radical (unpaired) electrons. The minimum Gasteiger partial charge on any atom is -0.466 e. The summed E-state index contributed by atoms with van der Waals surface area (Å²) in [5, 5.41) is 0. The Labute approximate surface area is 302 Å². The van der Waals surface area contributed by atoms with E-state index in [2.05, 4.69) is 27.7 Å². The summed E-state index contributed by atoms with van der Waals surface area (Å²) in [6.07, 6.45) is 8.48. The van der Waals surface area contributed by atoms with Crippen LogP contribution in [-0.4, -0.2) is 72.7 Å². The number of esters is 2. The van der Waals surface area contributed by atoms with Crippen LogP contribution in [0.15, 0.2) is 0 Å². The third kappa shape index (κ3) is 6.19. The van der Waals surface area contributed by atoms with Crippen LogP contribution in [0.2, 0.25) is 0 Å². The fraction of sp³-hybridized carbons (Fsp3) is 0.949. The van der Waals surface area contributed by atoms with Crippen LogP contribution < -0.4 is 0 Å². The highest BCUT2D eigenvalue weighted by molar-refractivity contribution is 5.72. The van der Waals surface area contributed by atoms with Crippen LogP contribution >= 0.6 is 0 Å². The SMILES string of the molecule is C[C@H]1[C@@H](CCOC(=O)CCCC(=O)OCC[C@H]2O[C@@H]3O[C@]4(C)CC[C@H]5[C@H](C)CC[C@@H]([C@H]2C)[C@@]35OO4)O[C@@H]2O[C@]3(C)CC[C@H]4[C@H](C)CC[C@@H]1[C@@]24OO3. The largest absolute Gasteiger partial charge is 0.466 e. The molecule has 10 rings (SSSR count). The topological polar surface area (TPSA) is 126 Å². The first kappa shape index (κ1) is 36.6.